The predicted octanol–water partition coefficient (Wildman–Crippen LogP) is 1.18. The Balaban J connectivity index is 2.01. The van der Waals surface area contributed by atoms with Crippen molar-refractivity contribution >= 4 is 17.6 Å². The number of nitrogen functional groups attached to an aromatic ring is 1. The highest BCUT2D eigenvalue weighted by Gasteiger charge is 2.60. The molecule has 2 amide bonds. The van der Waals surface area contributed by atoms with Crippen LogP contribution in [-0.2, 0) is 15.1 Å². The molecule has 0 bridgehead atoms. The van der Waals surface area contributed by atoms with Crippen LogP contribution < -0.4 is 16.8 Å². The second-order valence-corrected chi connectivity index (χ2v) is 7.48. The van der Waals surface area contributed by atoms with Gasteiger partial charge in [0.05, 0.1) is 24.5 Å². The van der Waals surface area contributed by atoms with Crippen LogP contribution in [0.15, 0.2) is 24.4 Å². The summed E-state index contributed by atoms with van der Waals surface area (Å²) >= 11 is 0. The fourth-order valence-electron chi connectivity index (χ4n) is 3.37. The molecule has 1 fully saturated rings. The molecule has 0 radical (unpaired) electrons. The van der Waals surface area contributed by atoms with E-state index in [0.29, 0.717) is 25.2 Å². The number of primary amides is 1. The summed E-state index contributed by atoms with van der Waals surface area (Å²) in [5, 5.41) is 12.8. The molecule has 1 aliphatic rings. The van der Waals surface area contributed by atoms with Gasteiger partial charge in [-0.05, 0) is 31.4 Å². The fourth-order valence-corrected chi connectivity index (χ4v) is 3.37. The van der Waals surface area contributed by atoms with E-state index < -0.39 is 29.2 Å². The third-order valence-electron chi connectivity index (χ3n) is 5.21. The first kappa shape index (κ1) is 23.4. The summed E-state index contributed by atoms with van der Waals surface area (Å²) in [6.45, 7) is 2.52. The monoisotopic (exact) mass is 453 g/mol. The Kier molecular flexibility index (Phi) is 6.37. The molecule has 2 atom stereocenters. The van der Waals surface area contributed by atoms with E-state index in [4.69, 9.17) is 16.2 Å². The van der Waals surface area contributed by atoms with Gasteiger partial charge in [-0.2, -0.15) is 13.2 Å². The number of carbonyl (C=O) groups excluding carboxylic acids is 2. The van der Waals surface area contributed by atoms with Crippen molar-refractivity contribution in [1.29, 1.82) is 0 Å². The zero-order valence-electron chi connectivity index (χ0n) is 17.1. The molecular formula is C20H22F3N5O4. The summed E-state index contributed by atoms with van der Waals surface area (Å²) in [4.78, 5) is 32.3. The molecule has 3 rings (SSSR count). The predicted molar refractivity (Wildman–Crippen MR) is 107 cm³/mol. The van der Waals surface area contributed by atoms with Crippen molar-refractivity contribution in [3.05, 3.63) is 41.2 Å². The largest absolute Gasteiger partial charge is 0.430 e. The standard InChI is InChI=1S/C20H22F3N5O4/c1-10-4-5-11(19(31,18(25)30)20(21,22)23)7-13(10)14-8-26-16(24)15(28-14)17(29)27-12-3-2-6-32-9-12/h4-5,7-8,12,31H,2-3,6,9H2,1H3,(H2,24,26)(H2,25,30)(H,27,29)/t12-,19?/m1/s1. The van der Waals surface area contributed by atoms with Crippen molar-refractivity contribution < 1.29 is 32.6 Å². The lowest BCUT2D eigenvalue weighted by molar-refractivity contribution is -0.255. The summed E-state index contributed by atoms with van der Waals surface area (Å²) < 4.78 is 45.7. The molecule has 0 aliphatic carbocycles. The second-order valence-electron chi connectivity index (χ2n) is 7.48. The summed E-state index contributed by atoms with van der Waals surface area (Å²) in [7, 11) is 0. The normalized spacial score (nSPS) is 18.6. The summed E-state index contributed by atoms with van der Waals surface area (Å²) in [6.07, 6.45) is -2.69. The van der Waals surface area contributed by atoms with E-state index in [1.165, 1.54) is 12.3 Å². The van der Waals surface area contributed by atoms with Crippen LogP contribution in [0.4, 0.5) is 19.0 Å². The van der Waals surface area contributed by atoms with Crippen LogP contribution in [0.2, 0.25) is 0 Å². The first-order valence-corrected chi connectivity index (χ1v) is 9.66. The van der Waals surface area contributed by atoms with E-state index in [0.717, 1.165) is 18.6 Å². The number of ether oxygens (including phenoxy) is 1. The fraction of sp³-hybridized carbons (Fsp3) is 0.400. The molecular weight excluding hydrogens is 431 g/mol. The average molecular weight is 453 g/mol. The maximum atomic E-state index is 13.5. The van der Waals surface area contributed by atoms with E-state index in [9.17, 15) is 27.9 Å². The molecule has 2 aromatic rings. The van der Waals surface area contributed by atoms with Gasteiger partial charge in [-0.3, -0.25) is 9.59 Å². The maximum absolute atomic E-state index is 13.5. The molecule has 2 heterocycles. The molecule has 1 unspecified atom stereocenters. The smallest absolute Gasteiger partial charge is 0.382 e. The lowest BCUT2D eigenvalue weighted by Crippen LogP contribution is -2.52. The molecule has 0 saturated carbocycles. The lowest BCUT2D eigenvalue weighted by Gasteiger charge is -2.28. The Morgan fingerprint density at radius 2 is 2.03 bits per heavy atom. The van der Waals surface area contributed by atoms with E-state index in [2.05, 4.69) is 15.3 Å². The number of nitrogens with two attached hydrogens (primary N) is 2. The van der Waals surface area contributed by atoms with Crippen molar-refractivity contribution in [1.82, 2.24) is 15.3 Å². The Bertz CT molecular complexity index is 1040. The molecule has 1 aliphatic heterocycles. The number of aryl methyl sites for hydroxylation is 1. The average Bonchev–Trinajstić information content (AvgIpc) is 2.73. The zero-order chi connectivity index (χ0) is 23.7. The number of halogens is 3. The van der Waals surface area contributed by atoms with Gasteiger partial charge in [-0.25, -0.2) is 9.97 Å². The number of benzene rings is 1. The highest BCUT2D eigenvalue weighted by Crippen LogP contribution is 2.40. The van der Waals surface area contributed by atoms with Crippen molar-refractivity contribution in [3.8, 4) is 11.3 Å². The number of alkyl halides is 3. The Morgan fingerprint density at radius 3 is 2.62 bits per heavy atom. The third kappa shape index (κ3) is 4.36. The number of hydrogen-bond acceptors (Lipinski definition) is 7. The molecule has 6 N–H and O–H groups in total. The molecule has 1 saturated heterocycles. The first-order chi connectivity index (χ1) is 14.9. The highest BCUT2D eigenvalue weighted by molar-refractivity contribution is 5.97. The van der Waals surface area contributed by atoms with Crippen LogP contribution in [0, 0.1) is 6.92 Å². The number of nitrogens with zero attached hydrogens (tertiary/aromatic N) is 2. The lowest BCUT2D eigenvalue weighted by atomic mass is 9.89. The van der Waals surface area contributed by atoms with Crippen LogP contribution in [0.3, 0.4) is 0 Å². The molecule has 12 heteroatoms. The minimum absolute atomic E-state index is 0.0255. The second kappa shape index (κ2) is 8.71. The summed E-state index contributed by atoms with van der Waals surface area (Å²) in [5.41, 5.74) is 6.34. The van der Waals surface area contributed by atoms with Crippen LogP contribution in [0.1, 0.15) is 34.5 Å². The van der Waals surface area contributed by atoms with Gasteiger partial charge < -0.3 is 26.6 Å². The van der Waals surface area contributed by atoms with Gasteiger partial charge in [0, 0.05) is 17.7 Å². The molecule has 0 spiro atoms. The zero-order valence-corrected chi connectivity index (χ0v) is 17.1. The van der Waals surface area contributed by atoms with Crippen molar-refractivity contribution in [2.75, 3.05) is 18.9 Å². The number of hydrogen-bond donors (Lipinski definition) is 4. The minimum atomic E-state index is -5.36. The van der Waals surface area contributed by atoms with Crippen LogP contribution in [-0.4, -0.2) is 52.3 Å². The van der Waals surface area contributed by atoms with Crippen LogP contribution in [0.25, 0.3) is 11.3 Å². The Hall–Kier alpha value is -3.25. The van der Waals surface area contributed by atoms with E-state index >= 15 is 0 Å². The SMILES string of the molecule is Cc1ccc(C(O)(C(N)=O)C(F)(F)F)cc1-c1cnc(N)c(C(=O)N[C@@H]2CCCOC2)n1. The van der Waals surface area contributed by atoms with Gasteiger partial charge in [0.2, 0.25) is 0 Å². The molecule has 1 aromatic heterocycles. The van der Waals surface area contributed by atoms with Crippen molar-refractivity contribution in [2.24, 2.45) is 5.73 Å². The van der Waals surface area contributed by atoms with E-state index in [-0.39, 0.29) is 28.8 Å². The molecule has 32 heavy (non-hydrogen) atoms. The van der Waals surface area contributed by atoms with Gasteiger partial charge in [-0.1, -0.05) is 12.1 Å². The molecule has 9 nitrogen and oxygen atoms in total. The Morgan fingerprint density at radius 1 is 1.31 bits per heavy atom. The molecule has 1 aromatic carbocycles. The van der Waals surface area contributed by atoms with Gasteiger partial charge in [0.1, 0.15) is 0 Å². The number of rotatable bonds is 5. The van der Waals surface area contributed by atoms with Crippen LogP contribution >= 0.6 is 0 Å². The topological polar surface area (TPSA) is 153 Å². The van der Waals surface area contributed by atoms with Gasteiger partial charge in [0.25, 0.3) is 17.4 Å². The van der Waals surface area contributed by atoms with Crippen molar-refractivity contribution in [2.45, 2.75) is 37.6 Å². The summed E-state index contributed by atoms with van der Waals surface area (Å²) in [6, 6.07) is 2.91. The summed E-state index contributed by atoms with van der Waals surface area (Å²) in [5.74, 6) is -2.75. The maximum Gasteiger partial charge on any atom is 0.430 e. The van der Waals surface area contributed by atoms with Gasteiger partial charge in [-0.15, -0.1) is 0 Å². The highest BCUT2D eigenvalue weighted by atomic mass is 19.4. The minimum Gasteiger partial charge on any atom is -0.382 e. The quantitative estimate of drug-likeness (QED) is 0.530. The van der Waals surface area contributed by atoms with Gasteiger partial charge in [0.15, 0.2) is 11.5 Å². The van der Waals surface area contributed by atoms with E-state index in [1.54, 1.807) is 6.92 Å². The Labute approximate surface area is 181 Å². The third-order valence-corrected chi connectivity index (χ3v) is 5.21. The number of anilines is 1. The van der Waals surface area contributed by atoms with Crippen LogP contribution in [0.5, 0.6) is 0 Å². The van der Waals surface area contributed by atoms with Crippen molar-refractivity contribution in [3.63, 3.8) is 0 Å². The first-order valence-electron chi connectivity index (χ1n) is 9.66. The number of nitrogens with one attached hydrogen (secondary N) is 1. The molecule has 172 valence electrons. The van der Waals surface area contributed by atoms with E-state index in [1.807, 2.05) is 0 Å². The van der Waals surface area contributed by atoms with Gasteiger partial charge >= 0.3 is 6.18 Å². The number of aliphatic hydroxyl groups is 1. The number of carbonyl (C=O) groups is 2. The number of aromatic nitrogens is 2. The number of amides is 2.